The van der Waals surface area contributed by atoms with Crippen molar-refractivity contribution < 1.29 is 4.79 Å². The number of carbonyl (C=O) groups is 1. The molecular weight excluding hydrogens is 252 g/mol. The molecule has 0 spiro atoms. The molecule has 5 heteroatoms. The summed E-state index contributed by atoms with van der Waals surface area (Å²) in [5.41, 5.74) is 1.80. The standard InChI is InChI=1S/C15H24N4O/c1-4-17-15(18-5-2)19-10-9-12-7-6-8-13(11-12)14(20)16-3/h6-8,11H,4-5,9-10H2,1-3H3,(H,16,20)(H2,17,18,19). The van der Waals surface area contributed by atoms with Crippen LogP contribution in [0.2, 0.25) is 0 Å². The Balaban J connectivity index is 2.60. The van der Waals surface area contributed by atoms with Crippen LogP contribution in [0.4, 0.5) is 0 Å². The molecule has 0 heterocycles. The lowest BCUT2D eigenvalue weighted by Crippen LogP contribution is -2.37. The number of benzene rings is 1. The number of aliphatic imine (C=N–C) groups is 1. The van der Waals surface area contributed by atoms with Gasteiger partial charge in [0.15, 0.2) is 5.96 Å². The lowest BCUT2D eigenvalue weighted by molar-refractivity contribution is 0.0963. The van der Waals surface area contributed by atoms with Gasteiger partial charge in [-0.15, -0.1) is 0 Å². The molecule has 0 saturated carbocycles. The van der Waals surface area contributed by atoms with Crippen molar-refractivity contribution in [2.75, 3.05) is 26.7 Å². The van der Waals surface area contributed by atoms with Gasteiger partial charge in [-0.25, -0.2) is 0 Å². The van der Waals surface area contributed by atoms with Crippen LogP contribution >= 0.6 is 0 Å². The Morgan fingerprint density at radius 1 is 1.20 bits per heavy atom. The van der Waals surface area contributed by atoms with E-state index in [9.17, 15) is 4.79 Å². The van der Waals surface area contributed by atoms with Crippen LogP contribution in [0.3, 0.4) is 0 Å². The van der Waals surface area contributed by atoms with Gasteiger partial charge >= 0.3 is 0 Å². The molecule has 1 amide bonds. The van der Waals surface area contributed by atoms with Crippen LogP contribution in [0.1, 0.15) is 29.8 Å². The second kappa shape index (κ2) is 8.96. The van der Waals surface area contributed by atoms with E-state index >= 15 is 0 Å². The molecule has 0 aliphatic carbocycles. The second-order valence-corrected chi connectivity index (χ2v) is 4.32. The SMILES string of the molecule is CCNC(=NCCc1cccc(C(=O)NC)c1)NCC. The zero-order valence-corrected chi connectivity index (χ0v) is 12.5. The first-order valence-corrected chi connectivity index (χ1v) is 7.04. The first-order valence-electron chi connectivity index (χ1n) is 7.04. The van der Waals surface area contributed by atoms with Crippen LogP contribution in [0.15, 0.2) is 29.3 Å². The first kappa shape index (κ1) is 16.0. The fourth-order valence-electron chi connectivity index (χ4n) is 1.82. The van der Waals surface area contributed by atoms with Gasteiger partial charge in [0, 0.05) is 32.2 Å². The highest BCUT2D eigenvalue weighted by Gasteiger charge is 2.03. The van der Waals surface area contributed by atoms with Gasteiger partial charge in [0.25, 0.3) is 5.91 Å². The van der Waals surface area contributed by atoms with E-state index in [0.717, 1.165) is 31.0 Å². The number of amides is 1. The maximum atomic E-state index is 11.6. The molecule has 0 unspecified atom stereocenters. The van der Waals surface area contributed by atoms with E-state index in [0.29, 0.717) is 12.1 Å². The number of rotatable bonds is 6. The number of nitrogens with one attached hydrogen (secondary N) is 3. The average Bonchev–Trinajstić information content (AvgIpc) is 2.47. The molecule has 110 valence electrons. The predicted octanol–water partition coefficient (Wildman–Crippen LogP) is 1.16. The molecule has 0 atom stereocenters. The number of carbonyl (C=O) groups excluding carboxylic acids is 1. The van der Waals surface area contributed by atoms with Gasteiger partial charge in [-0.1, -0.05) is 12.1 Å². The summed E-state index contributed by atoms with van der Waals surface area (Å²) in [4.78, 5) is 16.0. The predicted molar refractivity (Wildman–Crippen MR) is 83.2 cm³/mol. The summed E-state index contributed by atoms with van der Waals surface area (Å²) < 4.78 is 0. The molecule has 0 saturated heterocycles. The van der Waals surface area contributed by atoms with E-state index in [4.69, 9.17) is 0 Å². The maximum Gasteiger partial charge on any atom is 0.251 e. The first-order chi connectivity index (χ1) is 9.71. The average molecular weight is 276 g/mol. The van der Waals surface area contributed by atoms with Crippen molar-refractivity contribution in [1.82, 2.24) is 16.0 Å². The van der Waals surface area contributed by atoms with Crippen molar-refractivity contribution in [1.29, 1.82) is 0 Å². The van der Waals surface area contributed by atoms with Gasteiger partial charge in [0.05, 0.1) is 0 Å². The van der Waals surface area contributed by atoms with Crippen LogP contribution in [-0.4, -0.2) is 38.5 Å². The lowest BCUT2D eigenvalue weighted by Gasteiger charge is -2.09. The fourth-order valence-corrected chi connectivity index (χ4v) is 1.82. The highest BCUT2D eigenvalue weighted by atomic mass is 16.1. The quantitative estimate of drug-likeness (QED) is 0.540. The Labute approximate surface area is 120 Å². The fraction of sp³-hybridized carbons (Fsp3) is 0.467. The molecular formula is C15H24N4O. The van der Waals surface area contributed by atoms with Crippen molar-refractivity contribution in [2.45, 2.75) is 20.3 Å². The minimum Gasteiger partial charge on any atom is -0.357 e. The Hall–Kier alpha value is -2.04. The molecule has 0 radical (unpaired) electrons. The second-order valence-electron chi connectivity index (χ2n) is 4.32. The van der Waals surface area contributed by atoms with E-state index in [1.807, 2.05) is 38.1 Å². The van der Waals surface area contributed by atoms with Gasteiger partial charge < -0.3 is 16.0 Å². The molecule has 0 bridgehead atoms. The third kappa shape index (κ3) is 5.30. The third-order valence-electron chi connectivity index (χ3n) is 2.78. The number of hydrogen-bond acceptors (Lipinski definition) is 2. The Bertz CT molecular complexity index is 449. The summed E-state index contributed by atoms with van der Waals surface area (Å²) in [6.45, 7) is 6.46. The van der Waals surface area contributed by atoms with Crippen molar-refractivity contribution in [3.8, 4) is 0 Å². The molecule has 0 fully saturated rings. The molecule has 0 aliphatic rings. The van der Waals surface area contributed by atoms with Crippen LogP contribution in [-0.2, 0) is 6.42 Å². The highest BCUT2D eigenvalue weighted by molar-refractivity contribution is 5.94. The molecule has 1 aromatic carbocycles. The highest BCUT2D eigenvalue weighted by Crippen LogP contribution is 2.06. The van der Waals surface area contributed by atoms with Crippen LogP contribution in [0, 0.1) is 0 Å². The maximum absolute atomic E-state index is 11.6. The van der Waals surface area contributed by atoms with Gasteiger partial charge in [-0.3, -0.25) is 9.79 Å². The zero-order valence-electron chi connectivity index (χ0n) is 12.5. The Kier molecular flexibility index (Phi) is 7.17. The van der Waals surface area contributed by atoms with Gasteiger partial charge in [0.2, 0.25) is 0 Å². The lowest BCUT2D eigenvalue weighted by atomic mass is 10.1. The Morgan fingerprint density at radius 3 is 2.50 bits per heavy atom. The normalized spacial score (nSPS) is 9.75. The van der Waals surface area contributed by atoms with Crippen molar-refractivity contribution in [3.63, 3.8) is 0 Å². The minimum atomic E-state index is -0.0589. The summed E-state index contributed by atoms with van der Waals surface area (Å²) in [6, 6.07) is 7.64. The monoisotopic (exact) mass is 276 g/mol. The Morgan fingerprint density at radius 2 is 1.90 bits per heavy atom. The number of guanidine groups is 1. The van der Waals surface area contributed by atoms with Crippen molar-refractivity contribution in [2.24, 2.45) is 4.99 Å². The number of nitrogens with zero attached hydrogens (tertiary/aromatic N) is 1. The molecule has 1 rings (SSSR count). The van der Waals surface area contributed by atoms with E-state index in [2.05, 4.69) is 20.9 Å². The van der Waals surface area contributed by atoms with E-state index in [1.165, 1.54) is 0 Å². The minimum absolute atomic E-state index is 0.0589. The summed E-state index contributed by atoms with van der Waals surface area (Å²) in [7, 11) is 1.64. The molecule has 20 heavy (non-hydrogen) atoms. The van der Waals surface area contributed by atoms with Gasteiger partial charge in [0.1, 0.15) is 0 Å². The topological polar surface area (TPSA) is 65.5 Å². The van der Waals surface area contributed by atoms with Gasteiger partial charge in [-0.05, 0) is 38.0 Å². The van der Waals surface area contributed by atoms with E-state index in [1.54, 1.807) is 7.05 Å². The smallest absolute Gasteiger partial charge is 0.251 e. The molecule has 5 nitrogen and oxygen atoms in total. The summed E-state index contributed by atoms with van der Waals surface area (Å²) in [5.74, 6) is 0.772. The molecule has 0 aliphatic heterocycles. The summed E-state index contributed by atoms with van der Waals surface area (Å²) >= 11 is 0. The van der Waals surface area contributed by atoms with E-state index in [-0.39, 0.29) is 5.91 Å². The third-order valence-corrected chi connectivity index (χ3v) is 2.78. The van der Waals surface area contributed by atoms with Crippen molar-refractivity contribution in [3.05, 3.63) is 35.4 Å². The summed E-state index contributed by atoms with van der Waals surface area (Å²) in [5, 5.41) is 9.00. The molecule has 3 N–H and O–H groups in total. The molecule has 1 aromatic rings. The van der Waals surface area contributed by atoms with Crippen LogP contribution in [0.25, 0.3) is 0 Å². The van der Waals surface area contributed by atoms with Gasteiger partial charge in [-0.2, -0.15) is 0 Å². The number of hydrogen-bond donors (Lipinski definition) is 3. The largest absolute Gasteiger partial charge is 0.357 e. The van der Waals surface area contributed by atoms with Crippen LogP contribution < -0.4 is 16.0 Å². The molecule has 0 aromatic heterocycles. The van der Waals surface area contributed by atoms with Crippen LogP contribution in [0.5, 0.6) is 0 Å². The zero-order chi connectivity index (χ0) is 14.8. The van der Waals surface area contributed by atoms with E-state index < -0.39 is 0 Å². The van der Waals surface area contributed by atoms with Crippen molar-refractivity contribution >= 4 is 11.9 Å². The summed E-state index contributed by atoms with van der Waals surface area (Å²) in [6.07, 6.45) is 0.811.